The van der Waals surface area contributed by atoms with Crippen LogP contribution in [0.4, 0.5) is 0 Å². The number of aryl methyl sites for hydroxylation is 6. The van der Waals surface area contributed by atoms with Crippen LogP contribution in [0, 0.1) is 41.5 Å². The summed E-state index contributed by atoms with van der Waals surface area (Å²) in [5.74, 6) is 0. The van der Waals surface area contributed by atoms with Crippen molar-refractivity contribution in [2.24, 2.45) is 0 Å². The van der Waals surface area contributed by atoms with Gasteiger partial charge in [-0.2, -0.15) is 0 Å². The fourth-order valence-corrected chi connectivity index (χ4v) is 17.3. The van der Waals surface area contributed by atoms with Gasteiger partial charge < -0.3 is 0 Å². The Morgan fingerprint density at radius 1 is 0.500 bits per heavy atom. The molecule has 0 aliphatic heterocycles. The molecule has 0 aliphatic carbocycles. The van der Waals surface area contributed by atoms with Gasteiger partial charge in [-0.05, 0) is 32.9 Å². The van der Waals surface area contributed by atoms with Gasteiger partial charge >= 0.3 is 166 Å². The third-order valence-corrected chi connectivity index (χ3v) is 18.2. The zero-order chi connectivity index (χ0) is 35.6. The molecule has 0 saturated carbocycles. The molecule has 0 nitrogen and oxygen atoms in total. The van der Waals surface area contributed by atoms with Crippen molar-refractivity contribution in [2.45, 2.75) is 145 Å². The monoisotopic (exact) mass is 720 g/mol. The molecule has 3 rings (SSSR count). The van der Waals surface area contributed by atoms with E-state index in [-0.39, 0.29) is 15.8 Å². The molecule has 258 valence electrons. The first-order valence-electron chi connectivity index (χ1n) is 16.9. The van der Waals surface area contributed by atoms with Gasteiger partial charge in [0.2, 0.25) is 0 Å². The molecule has 0 N–H and O–H groups in total. The van der Waals surface area contributed by atoms with Gasteiger partial charge in [0.15, 0.2) is 0 Å². The summed E-state index contributed by atoms with van der Waals surface area (Å²) in [4.78, 5) is 0. The Morgan fingerprint density at radius 3 is 0.978 bits per heavy atom. The summed E-state index contributed by atoms with van der Waals surface area (Å²) in [5, 5.41) is 3.11. The summed E-state index contributed by atoms with van der Waals surface area (Å²) in [5.41, 5.74) is 13.1. The van der Waals surface area contributed by atoms with E-state index in [9.17, 15) is 0 Å². The molecule has 0 bridgehead atoms. The van der Waals surface area contributed by atoms with E-state index in [1.807, 2.05) is 0 Å². The van der Waals surface area contributed by atoms with Crippen molar-refractivity contribution in [3.05, 3.63) is 75.8 Å². The van der Waals surface area contributed by atoms with E-state index in [0.717, 1.165) is 6.91 Å². The molecular weight excluding hydrogens is 656 g/mol. The van der Waals surface area contributed by atoms with Gasteiger partial charge in [-0.25, -0.2) is 0 Å². The Labute approximate surface area is 296 Å². The van der Waals surface area contributed by atoms with E-state index >= 15 is 0 Å². The van der Waals surface area contributed by atoms with Crippen LogP contribution in [0.1, 0.15) is 116 Å². The first-order valence-corrected chi connectivity index (χ1v) is 22.1. The average molecular weight is 722 g/mol. The molecule has 3 aromatic carbocycles. The molecule has 0 fully saturated rings. The molecule has 0 heterocycles. The van der Waals surface area contributed by atoms with Crippen molar-refractivity contribution >= 4 is 28.1 Å². The van der Waals surface area contributed by atoms with Crippen molar-refractivity contribution in [3.8, 4) is 22.3 Å². The molecule has 4 heteroatoms. The second-order valence-corrected chi connectivity index (χ2v) is 26.5. The van der Waals surface area contributed by atoms with Crippen molar-refractivity contribution in [1.29, 1.82) is 0 Å². The Morgan fingerprint density at radius 2 is 0.761 bits per heavy atom. The van der Waals surface area contributed by atoms with E-state index < -0.39 is 0 Å². The normalized spacial score (nSPS) is 13.0. The van der Waals surface area contributed by atoms with Crippen LogP contribution in [0.2, 0.25) is 0 Å². The Bertz CT molecular complexity index is 1320. The second kappa shape index (κ2) is 15.9. The topological polar surface area (TPSA) is 0 Å². The van der Waals surface area contributed by atoms with Crippen LogP contribution in [0.15, 0.2) is 42.5 Å². The van der Waals surface area contributed by atoms with Gasteiger partial charge in [-0.3, -0.25) is 0 Å². The molecule has 3 aromatic rings. The van der Waals surface area contributed by atoms with Gasteiger partial charge in [0.1, 0.15) is 0 Å². The van der Waals surface area contributed by atoms with Gasteiger partial charge in [0, 0.05) is 0 Å². The van der Waals surface area contributed by atoms with Gasteiger partial charge in [0.05, 0.1) is 0 Å². The molecule has 0 aromatic heterocycles. The minimum atomic E-state index is 0.0466. The SMILES string of the molecule is CC(C)(C)P(CCP(C(C)(C)C)C(C)(C)C)C(C)(C)C.Cc1cc(C)c(-c2cccc(-c3c(C)cc(C)cc3C)c2[P]=[Ni])c(C)c1. The number of hydrogen-bond donors (Lipinski definition) is 0. The Hall–Kier alpha value is -0.686. The van der Waals surface area contributed by atoms with Crippen LogP contribution in [-0.2, 0) is 14.6 Å². The number of hydrogen-bond acceptors (Lipinski definition) is 0. The van der Waals surface area contributed by atoms with Crippen molar-refractivity contribution in [2.75, 3.05) is 12.3 Å². The van der Waals surface area contributed by atoms with Crippen molar-refractivity contribution < 1.29 is 14.6 Å². The molecule has 0 amide bonds. The minimum absolute atomic E-state index is 0.0466. The first kappa shape index (κ1) is 41.5. The fourth-order valence-electron chi connectivity index (χ4n) is 7.79. The molecule has 0 radical (unpaired) electrons. The third-order valence-electron chi connectivity index (χ3n) is 8.79. The van der Waals surface area contributed by atoms with Gasteiger partial charge in [-0.1, -0.05) is 98.9 Å². The standard InChI is InChI=1S/C24H25P.C18H40P2.Ni/c1-14-10-16(3)22(17(4)11-14)20-8-7-9-21(24(20)25)23-18(5)12-15(2)13-19(23)6;1-15(2,3)19(16(4,5)6)13-14-20(17(7,8)9)18(10,11)12;/h7-13H,1-6H3;13-14H2,1-12H3;. The predicted octanol–water partition coefficient (Wildman–Crippen LogP) is 14.0. The van der Waals surface area contributed by atoms with E-state index in [0.29, 0.717) is 20.6 Å². The van der Waals surface area contributed by atoms with Crippen molar-refractivity contribution in [1.82, 2.24) is 0 Å². The summed E-state index contributed by atoms with van der Waals surface area (Å²) in [6.45, 7) is 43.4. The molecular formula is C42H65NiP3. The van der Waals surface area contributed by atoms with Crippen LogP contribution < -0.4 is 5.30 Å². The van der Waals surface area contributed by atoms with Crippen molar-refractivity contribution in [3.63, 3.8) is 0 Å². The summed E-state index contributed by atoms with van der Waals surface area (Å²) in [6, 6.07) is 15.7. The van der Waals surface area contributed by atoms with Gasteiger partial charge in [-0.15, -0.1) is 0 Å². The molecule has 46 heavy (non-hydrogen) atoms. The second-order valence-electron chi connectivity index (χ2n) is 17.3. The molecule has 0 unspecified atom stereocenters. The predicted molar refractivity (Wildman–Crippen MR) is 215 cm³/mol. The number of rotatable bonds is 6. The summed E-state index contributed by atoms with van der Waals surface area (Å²) in [6.07, 6.45) is 2.87. The zero-order valence-corrected chi connectivity index (χ0v) is 36.3. The van der Waals surface area contributed by atoms with Crippen LogP contribution in [0.25, 0.3) is 22.3 Å². The first-order chi connectivity index (χ1) is 20.8. The number of benzene rings is 3. The summed E-state index contributed by atoms with van der Waals surface area (Å²) < 4.78 is 0. The fraction of sp³-hybridized carbons (Fsp3) is 0.571. The Kier molecular flexibility index (Phi) is 14.3. The molecule has 0 spiro atoms. The third kappa shape index (κ3) is 10.9. The summed E-state index contributed by atoms with van der Waals surface area (Å²) >= 11 is 5.26. The van der Waals surface area contributed by atoms with Crippen LogP contribution in [0.5, 0.6) is 0 Å². The zero-order valence-electron chi connectivity index (χ0n) is 32.6. The maximum atomic E-state index is 5.26. The summed E-state index contributed by atoms with van der Waals surface area (Å²) in [7, 11) is 0.0933. The van der Waals surface area contributed by atoms with E-state index in [2.05, 4.69) is 167 Å². The maximum absolute atomic E-state index is 5.26. The van der Waals surface area contributed by atoms with E-state index in [1.54, 1.807) is 0 Å². The molecule has 0 atom stereocenters. The average Bonchev–Trinajstić information content (AvgIpc) is 2.83. The van der Waals surface area contributed by atoms with E-state index in [4.69, 9.17) is 14.6 Å². The van der Waals surface area contributed by atoms with Crippen LogP contribution in [-0.4, -0.2) is 32.9 Å². The van der Waals surface area contributed by atoms with Gasteiger partial charge in [0.25, 0.3) is 0 Å². The van der Waals surface area contributed by atoms with E-state index in [1.165, 1.54) is 73.3 Å². The molecule has 0 saturated heterocycles. The quantitative estimate of drug-likeness (QED) is 0.176. The molecule has 0 aliphatic rings. The van der Waals surface area contributed by atoms with Crippen LogP contribution >= 0.6 is 22.8 Å². The van der Waals surface area contributed by atoms with Crippen LogP contribution in [0.3, 0.4) is 0 Å². The Balaban J connectivity index is 0.000000334.